The summed E-state index contributed by atoms with van der Waals surface area (Å²) in [6, 6.07) is 4.89. The van der Waals surface area contributed by atoms with Crippen LogP contribution in [0.1, 0.15) is 25.0 Å². The summed E-state index contributed by atoms with van der Waals surface area (Å²) < 4.78 is 63.7. The first-order valence-electron chi connectivity index (χ1n) is 5.34. The number of rotatable bonds is 3. The fraction of sp³-hybridized carbons (Fsp3) is 0.385. The molecule has 106 valence electrons. The molecule has 0 heterocycles. The molecule has 6 heteroatoms. The Hall–Kier alpha value is -1.43. The second-order valence-electron chi connectivity index (χ2n) is 4.51. The lowest BCUT2D eigenvalue weighted by Gasteiger charge is -2.34. The lowest BCUT2D eigenvalue weighted by molar-refractivity contribution is -0.342. The zero-order valence-electron chi connectivity index (χ0n) is 10.4. The zero-order valence-corrected chi connectivity index (χ0v) is 10.4. The van der Waals surface area contributed by atoms with Gasteiger partial charge in [-0.1, -0.05) is 30.4 Å². The summed E-state index contributed by atoms with van der Waals surface area (Å²) in [7, 11) is 0. The summed E-state index contributed by atoms with van der Waals surface area (Å²) in [5.41, 5.74) is -2.99. The SMILES string of the molecule is C=C(C)c1cccc(C(C)(O)C(F)(F)C(F)(F)F)c1. The Balaban J connectivity index is 3.35. The molecule has 0 aromatic heterocycles. The highest BCUT2D eigenvalue weighted by molar-refractivity contribution is 5.62. The summed E-state index contributed by atoms with van der Waals surface area (Å²) in [6.45, 7) is 5.59. The minimum absolute atomic E-state index is 0.385. The highest BCUT2D eigenvalue weighted by Gasteiger charge is 2.68. The first-order chi connectivity index (χ1) is 8.41. The van der Waals surface area contributed by atoms with Gasteiger partial charge in [0.15, 0.2) is 5.60 Å². The lowest BCUT2D eigenvalue weighted by atomic mass is 9.87. The van der Waals surface area contributed by atoms with Crippen LogP contribution in [0, 0.1) is 0 Å². The molecule has 1 rings (SSSR count). The monoisotopic (exact) mass is 280 g/mol. The largest absolute Gasteiger partial charge is 0.456 e. The molecule has 0 amide bonds. The predicted octanol–water partition coefficient (Wildman–Crippen LogP) is 4.12. The normalized spacial score (nSPS) is 16.0. The van der Waals surface area contributed by atoms with Crippen LogP contribution in [-0.2, 0) is 5.60 Å². The molecule has 0 radical (unpaired) electrons. The third-order valence-electron chi connectivity index (χ3n) is 2.88. The van der Waals surface area contributed by atoms with Crippen molar-refractivity contribution in [3.05, 3.63) is 42.0 Å². The van der Waals surface area contributed by atoms with E-state index in [2.05, 4.69) is 6.58 Å². The minimum atomic E-state index is -5.84. The molecule has 0 aliphatic heterocycles. The van der Waals surface area contributed by atoms with Crippen molar-refractivity contribution in [1.29, 1.82) is 0 Å². The molecule has 0 saturated carbocycles. The van der Waals surface area contributed by atoms with Crippen molar-refractivity contribution in [1.82, 2.24) is 0 Å². The van der Waals surface area contributed by atoms with E-state index in [1.807, 2.05) is 0 Å². The van der Waals surface area contributed by atoms with E-state index in [4.69, 9.17) is 0 Å². The van der Waals surface area contributed by atoms with Gasteiger partial charge in [0.2, 0.25) is 0 Å². The lowest BCUT2D eigenvalue weighted by Crippen LogP contribution is -2.53. The van der Waals surface area contributed by atoms with Gasteiger partial charge in [0, 0.05) is 0 Å². The highest BCUT2D eigenvalue weighted by Crippen LogP contribution is 2.48. The molecule has 0 aliphatic carbocycles. The van der Waals surface area contributed by atoms with E-state index < -0.39 is 23.3 Å². The van der Waals surface area contributed by atoms with Crippen LogP contribution in [-0.4, -0.2) is 17.2 Å². The Bertz CT molecular complexity index is 488. The second kappa shape index (κ2) is 4.59. The Morgan fingerprint density at radius 1 is 1.16 bits per heavy atom. The Kier molecular flexibility index (Phi) is 3.78. The van der Waals surface area contributed by atoms with Crippen LogP contribution in [0.3, 0.4) is 0 Å². The maximum Gasteiger partial charge on any atom is 0.456 e. The molecule has 1 N–H and O–H groups in total. The summed E-state index contributed by atoms with van der Waals surface area (Å²) in [5.74, 6) is -5.26. The van der Waals surface area contributed by atoms with Crippen LogP contribution >= 0.6 is 0 Å². The number of allylic oxidation sites excluding steroid dienone is 1. The van der Waals surface area contributed by atoms with Crippen LogP contribution in [0.4, 0.5) is 22.0 Å². The van der Waals surface area contributed by atoms with Crippen molar-refractivity contribution in [3.8, 4) is 0 Å². The van der Waals surface area contributed by atoms with Gasteiger partial charge in [0.05, 0.1) is 0 Å². The highest BCUT2D eigenvalue weighted by atomic mass is 19.4. The number of aliphatic hydroxyl groups is 1. The molecule has 1 nitrogen and oxygen atoms in total. The van der Waals surface area contributed by atoms with Gasteiger partial charge in [-0.3, -0.25) is 0 Å². The van der Waals surface area contributed by atoms with Gasteiger partial charge < -0.3 is 5.11 Å². The fourth-order valence-electron chi connectivity index (χ4n) is 1.54. The first-order valence-corrected chi connectivity index (χ1v) is 5.34. The van der Waals surface area contributed by atoms with Gasteiger partial charge in [0.1, 0.15) is 0 Å². The number of benzene rings is 1. The fourth-order valence-corrected chi connectivity index (χ4v) is 1.54. The van der Waals surface area contributed by atoms with Crippen molar-refractivity contribution in [2.45, 2.75) is 31.5 Å². The predicted molar refractivity (Wildman–Crippen MR) is 61.7 cm³/mol. The average Bonchev–Trinajstić information content (AvgIpc) is 2.27. The van der Waals surface area contributed by atoms with E-state index in [-0.39, 0.29) is 0 Å². The van der Waals surface area contributed by atoms with Crippen molar-refractivity contribution < 1.29 is 27.1 Å². The Morgan fingerprint density at radius 3 is 2.11 bits per heavy atom. The summed E-state index contributed by atoms with van der Waals surface area (Å²) >= 11 is 0. The standard InChI is InChI=1S/C13H13F5O/c1-8(2)9-5-4-6-10(7-9)11(3,19)12(14,15)13(16,17)18/h4-7,19H,1H2,2-3H3. The second-order valence-corrected chi connectivity index (χ2v) is 4.51. The maximum atomic E-state index is 13.3. The van der Waals surface area contributed by atoms with E-state index in [1.165, 1.54) is 12.1 Å². The van der Waals surface area contributed by atoms with Crippen LogP contribution < -0.4 is 0 Å². The quantitative estimate of drug-likeness (QED) is 0.825. The van der Waals surface area contributed by atoms with Crippen LogP contribution in [0.2, 0.25) is 0 Å². The first kappa shape index (κ1) is 15.6. The smallest absolute Gasteiger partial charge is 0.379 e. The molecule has 0 bridgehead atoms. The third kappa shape index (κ3) is 2.63. The summed E-state index contributed by atoms with van der Waals surface area (Å²) in [5, 5.41) is 9.66. The molecular weight excluding hydrogens is 267 g/mol. The van der Waals surface area contributed by atoms with Crippen molar-refractivity contribution >= 4 is 5.57 Å². The molecule has 1 aromatic rings. The zero-order chi connectivity index (χ0) is 15.1. The van der Waals surface area contributed by atoms with Gasteiger partial charge in [-0.15, -0.1) is 0 Å². The topological polar surface area (TPSA) is 20.2 Å². The van der Waals surface area contributed by atoms with E-state index in [0.29, 0.717) is 18.1 Å². The van der Waals surface area contributed by atoms with Gasteiger partial charge in [-0.25, -0.2) is 0 Å². The minimum Gasteiger partial charge on any atom is -0.379 e. The Morgan fingerprint density at radius 2 is 1.68 bits per heavy atom. The molecule has 1 aromatic carbocycles. The van der Waals surface area contributed by atoms with E-state index >= 15 is 0 Å². The van der Waals surface area contributed by atoms with Gasteiger partial charge in [-0.2, -0.15) is 22.0 Å². The molecule has 0 fully saturated rings. The van der Waals surface area contributed by atoms with E-state index in [0.717, 1.165) is 12.1 Å². The van der Waals surface area contributed by atoms with Crippen LogP contribution in [0.15, 0.2) is 30.8 Å². The van der Waals surface area contributed by atoms with Crippen LogP contribution in [0.25, 0.3) is 5.57 Å². The maximum absolute atomic E-state index is 13.3. The average molecular weight is 280 g/mol. The van der Waals surface area contributed by atoms with E-state index in [1.54, 1.807) is 6.92 Å². The van der Waals surface area contributed by atoms with Crippen molar-refractivity contribution in [2.75, 3.05) is 0 Å². The Labute approximate surface area is 107 Å². The number of hydrogen-bond acceptors (Lipinski definition) is 1. The summed E-state index contributed by atoms with van der Waals surface area (Å²) in [6.07, 6.45) is -5.84. The number of alkyl halides is 5. The molecule has 0 aliphatic rings. The number of halogens is 5. The third-order valence-corrected chi connectivity index (χ3v) is 2.88. The van der Waals surface area contributed by atoms with Crippen LogP contribution in [0.5, 0.6) is 0 Å². The molecule has 0 spiro atoms. The molecule has 1 atom stereocenters. The molecular formula is C13H13F5O. The van der Waals surface area contributed by atoms with E-state index in [9.17, 15) is 27.1 Å². The van der Waals surface area contributed by atoms with Gasteiger partial charge in [0.25, 0.3) is 0 Å². The molecule has 0 saturated heterocycles. The van der Waals surface area contributed by atoms with Crippen molar-refractivity contribution in [2.24, 2.45) is 0 Å². The van der Waals surface area contributed by atoms with Crippen molar-refractivity contribution in [3.63, 3.8) is 0 Å². The molecule has 19 heavy (non-hydrogen) atoms. The van der Waals surface area contributed by atoms with Gasteiger partial charge >= 0.3 is 12.1 Å². The summed E-state index contributed by atoms with van der Waals surface area (Å²) in [4.78, 5) is 0. The number of hydrogen-bond donors (Lipinski definition) is 1. The molecule has 1 unspecified atom stereocenters. The van der Waals surface area contributed by atoms with Gasteiger partial charge in [-0.05, 0) is 31.0 Å².